The quantitative estimate of drug-likeness (QED) is 0.579. The molecule has 1 amide bonds. The van der Waals surface area contributed by atoms with Crippen molar-refractivity contribution in [2.45, 2.75) is 25.8 Å². The smallest absolute Gasteiger partial charge is 0.269 e. The molecule has 7 nitrogen and oxygen atoms in total. The second kappa shape index (κ2) is 7.48. The monoisotopic (exact) mass is 388 g/mol. The van der Waals surface area contributed by atoms with Gasteiger partial charge < -0.3 is 4.90 Å². The number of sulfone groups is 1. The molecule has 0 spiro atoms. The van der Waals surface area contributed by atoms with Crippen LogP contribution in [0.15, 0.2) is 48.5 Å². The number of rotatable bonds is 5. The topological polar surface area (TPSA) is 97.6 Å². The zero-order valence-corrected chi connectivity index (χ0v) is 15.7. The highest BCUT2D eigenvalue weighted by Crippen LogP contribution is 2.30. The maximum atomic E-state index is 13.3. The van der Waals surface area contributed by atoms with Gasteiger partial charge in [0.25, 0.3) is 11.6 Å². The summed E-state index contributed by atoms with van der Waals surface area (Å²) in [6.07, 6.45) is 1.07. The van der Waals surface area contributed by atoms with E-state index < -0.39 is 20.8 Å². The first-order valence-electron chi connectivity index (χ1n) is 8.68. The lowest BCUT2D eigenvalue weighted by Gasteiger charge is -2.30. The number of aryl methyl sites for hydroxylation is 1. The molecular weight excluding hydrogens is 368 g/mol. The number of benzene rings is 2. The summed E-state index contributed by atoms with van der Waals surface area (Å²) in [5.41, 5.74) is 1.81. The summed E-state index contributed by atoms with van der Waals surface area (Å²) >= 11 is 0. The van der Waals surface area contributed by atoms with Gasteiger partial charge >= 0.3 is 0 Å². The van der Waals surface area contributed by atoms with Gasteiger partial charge in [0.05, 0.1) is 22.5 Å². The highest BCUT2D eigenvalue weighted by Gasteiger charge is 2.36. The highest BCUT2D eigenvalue weighted by atomic mass is 32.2. The van der Waals surface area contributed by atoms with Crippen LogP contribution in [0, 0.1) is 10.1 Å². The fraction of sp³-hybridized carbons (Fsp3) is 0.316. The Balaban J connectivity index is 2.03. The number of carbonyl (C=O) groups is 1. The number of para-hydroxylation sites is 1. The zero-order valence-electron chi connectivity index (χ0n) is 14.9. The Morgan fingerprint density at radius 1 is 1.19 bits per heavy atom. The van der Waals surface area contributed by atoms with Gasteiger partial charge in [-0.2, -0.15) is 0 Å². The molecular formula is C19H20N2O5S. The van der Waals surface area contributed by atoms with Crippen molar-refractivity contribution in [3.8, 4) is 0 Å². The molecule has 1 heterocycles. The van der Waals surface area contributed by atoms with Crippen LogP contribution in [0.5, 0.6) is 0 Å². The second-order valence-electron chi connectivity index (χ2n) is 6.52. The Morgan fingerprint density at radius 3 is 2.41 bits per heavy atom. The summed E-state index contributed by atoms with van der Waals surface area (Å²) in [6, 6.07) is 12.3. The van der Waals surface area contributed by atoms with E-state index in [-0.39, 0.29) is 28.7 Å². The van der Waals surface area contributed by atoms with Gasteiger partial charge in [0.1, 0.15) is 0 Å². The zero-order chi connectivity index (χ0) is 19.6. The third-order valence-corrected chi connectivity index (χ3v) is 6.50. The molecule has 1 saturated heterocycles. The summed E-state index contributed by atoms with van der Waals surface area (Å²) in [5.74, 6) is -0.382. The van der Waals surface area contributed by atoms with Crippen LogP contribution < -0.4 is 4.90 Å². The maximum absolute atomic E-state index is 13.3. The average molecular weight is 388 g/mol. The van der Waals surface area contributed by atoms with Gasteiger partial charge in [-0.05, 0) is 36.6 Å². The maximum Gasteiger partial charge on any atom is 0.269 e. The van der Waals surface area contributed by atoms with Crippen molar-refractivity contribution in [2.75, 3.05) is 16.4 Å². The predicted octanol–water partition coefficient (Wildman–Crippen LogP) is 2.99. The minimum Gasteiger partial charge on any atom is -0.304 e. The van der Waals surface area contributed by atoms with Gasteiger partial charge in [-0.25, -0.2) is 8.42 Å². The van der Waals surface area contributed by atoms with Gasteiger partial charge in [-0.1, -0.05) is 25.1 Å². The number of hydrogen-bond donors (Lipinski definition) is 0. The molecule has 1 fully saturated rings. The first kappa shape index (κ1) is 19.0. The van der Waals surface area contributed by atoms with Crippen LogP contribution in [0.25, 0.3) is 0 Å². The predicted molar refractivity (Wildman–Crippen MR) is 103 cm³/mol. The molecule has 0 saturated carbocycles. The average Bonchev–Trinajstić information content (AvgIpc) is 3.01. The lowest BCUT2D eigenvalue weighted by atomic mass is 10.0. The van der Waals surface area contributed by atoms with E-state index in [1.807, 2.05) is 31.2 Å². The molecule has 1 aliphatic heterocycles. The van der Waals surface area contributed by atoms with Crippen LogP contribution in [-0.4, -0.2) is 36.8 Å². The standard InChI is InChI=1S/C19H20N2O5S/c1-2-14-5-3-4-6-18(14)20(17-11-12-27(25,26)13-17)19(22)15-7-9-16(10-8-15)21(23)24/h3-10,17H,2,11-13H2,1H3. The Hall–Kier alpha value is -2.74. The minimum absolute atomic E-state index is 0.0516. The van der Waals surface area contributed by atoms with Gasteiger partial charge in [-0.15, -0.1) is 0 Å². The Kier molecular flexibility index (Phi) is 5.27. The van der Waals surface area contributed by atoms with Crippen LogP contribution in [-0.2, 0) is 16.3 Å². The van der Waals surface area contributed by atoms with E-state index in [0.717, 1.165) is 5.56 Å². The molecule has 0 bridgehead atoms. The van der Waals surface area contributed by atoms with Gasteiger partial charge in [0, 0.05) is 23.4 Å². The first-order chi connectivity index (χ1) is 12.8. The fourth-order valence-corrected chi connectivity index (χ4v) is 5.06. The summed E-state index contributed by atoms with van der Waals surface area (Å²) in [4.78, 5) is 25.1. The molecule has 2 aromatic rings. The van der Waals surface area contributed by atoms with E-state index in [2.05, 4.69) is 0 Å². The highest BCUT2D eigenvalue weighted by molar-refractivity contribution is 7.91. The van der Waals surface area contributed by atoms with E-state index in [4.69, 9.17) is 0 Å². The summed E-state index contributed by atoms with van der Waals surface area (Å²) in [5, 5.41) is 10.8. The third-order valence-electron chi connectivity index (χ3n) is 4.75. The third kappa shape index (κ3) is 4.00. The van der Waals surface area contributed by atoms with E-state index in [1.165, 1.54) is 24.3 Å². The molecule has 0 aromatic heterocycles. The molecule has 142 valence electrons. The van der Waals surface area contributed by atoms with E-state index in [1.54, 1.807) is 4.90 Å². The van der Waals surface area contributed by atoms with Crippen LogP contribution in [0.4, 0.5) is 11.4 Å². The molecule has 3 rings (SSSR count). The molecule has 8 heteroatoms. The van der Waals surface area contributed by atoms with Gasteiger partial charge in [0.15, 0.2) is 9.84 Å². The lowest BCUT2D eigenvalue weighted by molar-refractivity contribution is -0.384. The first-order valence-corrected chi connectivity index (χ1v) is 10.5. The number of hydrogen-bond acceptors (Lipinski definition) is 5. The number of nitro groups is 1. The number of amides is 1. The summed E-state index contributed by atoms with van der Waals surface area (Å²) in [6.45, 7) is 1.97. The Morgan fingerprint density at radius 2 is 1.85 bits per heavy atom. The molecule has 0 aliphatic carbocycles. The normalized spacial score (nSPS) is 18.2. The molecule has 27 heavy (non-hydrogen) atoms. The number of carbonyl (C=O) groups excluding carboxylic acids is 1. The summed E-state index contributed by atoms with van der Waals surface area (Å²) < 4.78 is 24.0. The SMILES string of the molecule is CCc1ccccc1N(C(=O)c1ccc([N+](=O)[O-])cc1)C1CCS(=O)(=O)C1. The van der Waals surface area contributed by atoms with E-state index >= 15 is 0 Å². The second-order valence-corrected chi connectivity index (χ2v) is 8.75. The van der Waals surface area contributed by atoms with Crippen LogP contribution >= 0.6 is 0 Å². The molecule has 1 atom stereocenters. The van der Waals surface area contributed by atoms with Crippen molar-refractivity contribution in [3.63, 3.8) is 0 Å². The van der Waals surface area contributed by atoms with Crippen LogP contribution in [0.1, 0.15) is 29.3 Å². The summed E-state index contributed by atoms with van der Waals surface area (Å²) in [7, 11) is -3.18. The van der Waals surface area contributed by atoms with Crippen molar-refractivity contribution < 1.29 is 18.1 Å². The minimum atomic E-state index is -3.18. The molecule has 1 aliphatic rings. The fourth-order valence-electron chi connectivity index (χ4n) is 3.36. The Labute approximate surface area is 157 Å². The molecule has 0 radical (unpaired) electrons. The van der Waals surface area contributed by atoms with Crippen molar-refractivity contribution in [1.82, 2.24) is 0 Å². The number of nitrogens with zero attached hydrogens (tertiary/aromatic N) is 2. The van der Waals surface area contributed by atoms with Crippen LogP contribution in [0.2, 0.25) is 0 Å². The molecule has 1 unspecified atom stereocenters. The van der Waals surface area contributed by atoms with Crippen LogP contribution in [0.3, 0.4) is 0 Å². The van der Waals surface area contributed by atoms with Gasteiger partial charge in [0.2, 0.25) is 0 Å². The molecule has 0 N–H and O–H groups in total. The largest absolute Gasteiger partial charge is 0.304 e. The van der Waals surface area contributed by atoms with Crippen molar-refractivity contribution in [2.24, 2.45) is 0 Å². The van der Waals surface area contributed by atoms with Crippen molar-refractivity contribution in [3.05, 3.63) is 69.8 Å². The van der Waals surface area contributed by atoms with Crippen molar-refractivity contribution in [1.29, 1.82) is 0 Å². The number of nitro benzene ring substituents is 1. The van der Waals surface area contributed by atoms with Crippen molar-refractivity contribution >= 4 is 27.1 Å². The lowest BCUT2D eigenvalue weighted by Crippen LogP contribution is -2.42. The number of anilines is 1. The van der Waals surface area contributed by atoms with E-state index in [9.17, 15) is 23.3 Å². The molecule has 2 aromatic carbocycles. The van der Waals surface area contributed by atoms with E-state index in [0.29, 0.717) is 18.5 Å². The Bertz CT molecular complexity index is 970. The number of non-ortho nitro benzene ring substituents is 1. The van der Waals surface area contributed by atoms with Gasteiger partial charge in [-0.3, -0.25) is 14.9 Å².